The topological polar surface area (TPSA) is 53.4 Å². The van der Waals surface area contributed by atoms with Crippen molar-refractivity contribution in [1.29, 1.82) is 0 Å². The number of aliphatic hydroxyl groups excluding tert-OH is 1. The van der Waals surface area contributed by atoms with Crippen LogP contribution < -0.4 is 0 Å². The fourth-order valence-electron chi connectivity index (χ4n) is 1.84. The van der Waals surface area contributed by atoms with E-state index in [1.807, 2.05) is 0 Å². The molecular weight excluding hydrogens is 192 g/mol. The van der Waals surface area contributed by atoms with Gasteiger partial charge in [-0.3, -0.25) is 9.78 Å². The van der Waals surface area contributed by atoms with E-state index in [0.717, 1.165) is 13.0 Å². The van der Waals surface area contributed by atoms with Crippen LogP contribution in [0.25, 0.3) is 0 Å². The summed E-state index contributed by atoms with van der Waals surface area (Å²) in [6.45, 7) is 1.56. The van der Waals surface area contributed by atoms with Crippen LogP contribution in [0.15, 0.2) is 24.5 Å². The van der Waals surface area contributed by atoms with E-state index >= 15 is 0 Å². The molecule has 4 heteroatoms. The molecule has 0 bridgehead atoms. The van der Waals surface area contributed by atoms with Crippen LogP contribution >= 0.6 is 0 Å². The summed E-state index contributed by atoms with van der Waals surface area (Å²) >= 11 is 0. The van der Waals surface area contributed by atoms with E-state index in [9.17, 15) is 4.79 Å². The second-order valence-electron chi connectivity index (χ2n) is 3.83. The standard InChI is InChI=1S/C11H14N2O2/c14-8-9-3-5-13(7-9)11(15)10-2-1-4-12-6-10/h1-2,4,6,9,14H,3,5,7-8H2/t9-/m1/s1. The van der Waals surface area contributed by atoms with Crippen molar-refractivity contribution in [1.82, 2.24) is 9.88 Å². The molecule has 1 aliphatic heterocycles. The molecule has 0 saturated carbocycles. The van der Waals surface area contributed by atoms with Gasteiger partial charge in [0.25, 0.3) is 5.91 Å². The summed E-state index contributed by atoms with van der Waals surface area (Å²) in [6, 6.07) is 3.52. The highest BCUT2D eigenvalue weighted by Crippen LogP contribution is 2.17. The van der Waals surface area contributed by atoms with Crippen LogP contribution in [0.4, 0.5) is 0 Å². The second-order valence-corrected chi connectivity index (χ2v) is 3.83. The van der Waals surface area contributed by atoms with Crippen molar-refractivity contribution in [2.75, 3.05) is 19.7 Å². The number of likely N-dealkylation sites (tertiary alicyclic amines) is 1. The summed E-state index contributed by atoms with van der Waals surface area (Å²) in [6.07, 6.45) is 4.12. The van der Waals surface area contributed by atoms with Gasteiger partial charge in [0.15, 0.2) is 0 Å². The maximum Gasteiger partial charge on any atom is 0.255 e. The number of rotatable bonds is 2. The highest BCUT2D eigenvalue weighted by molar-refractivity contribution is 5.94. The normalized spacial score (nSPS) is 20.6. The molecular formula is C11H14N2O2. The number of hydrogen-bond acceptors (Lipinski definition) is 3. The first-order valence-corrected chi connectivity index (χ1v) is 5.11. The maximum atomic E-state index is 11.9. The lowest BCUT2D eigenvalue weighted by Crippen LogP contribution is -2.29. The van der Waals surface area contributed by atoms with Crippen LogP contribution in [0.2, 0.25) is 0 Å². The van der Waals surface area contributed by atoms with E-state index in [2.05, 4.69) is 4.98 Å². The van der Waals surface area contributed by atoms with Crippen molar-refractivity contribution in [3.63, 3.8) is 0 Å². The molecule has 1 N–H and O–H groups in total. The average molecular weight is 206 g/mol. The predicted octanol–water partition coefficient (Wildman–Crippen LogP) is 0.536. The number of nitrogens with zero attached hydrogens (tertiary/aromatic N) is 2. The van der Waals surface area contributed by atoms with E-state index < -0.39 is 0 Å². The zero-order valence-corrected chi connectivity index (χ0v) is 8.47. The molecule has 1 atom stereocenters. The summed E-state index contributed by atoms with van der Waals surface area (Å²) in [7, 11) is 0. The number of carbonyl (C=O) groups excluding carboxylic acids is 1. The highest BCUT2D eigenvalue weighted by atomic mass is 16.3. The monoisotopic (exact) mass is 206 g/mol. The number of aliphatic hydroxyl groups is 1. The third-order valence-electron chi connectivity index (χ3n) is 2.74. The van der Waals surface area contributed by atoms with Gasteiger partial charge in [-0.15, -0.1) is 0 Å². The smallest absolute Gasteiger partial charge is 0.255 e. The fourth-order valence-corrected chi connectivity index (χ4v) is 1.84. The van der Waals surface area contributed by atoms with Gasteiger partial charge in [0.1, 0.15) is 0 Å². The van der Waals surface area contributed by atoms with Gasteiger partial charge in [-0.25, -0.2) is 0 Å². The maximum absolute atomic E-state index is 11.9. The number of carbonyl (C=O) groups is 1. The second kappa shape index (κ2) is 4.40. The third kappa shape index (κ3) is 2.15. The van der Waals surface area contributed by atoms with Gasteiger partial charge in [-0.1, -0.05) is 0 Å². The molecule has 15 heavy (non-hydrogen) atoms. The molecule has 1 fully saturated rings. The van der Waals surface area contributed by atoms with E-state index in [-0.39, 0.29) is 18.4 Å². The average Bonchev–Trinajstić information content (AvgIpc) is 2.78. The van der Waals surface area contributed by atoms with E-state index in [1.54, 1.807) is 29.4 Å². The summed E-state index contributed by atoms with van der Waals surface area (Å²) in [5.41, 5.74) is 0.621. The van der Waals surface area contributed by atoms with Gasteiger partial charge in [-0.2, -0.15) is 0 Å². The molecule has 0 radical (unpaired) electrons. The summed E-state index contributed by atoms with van der Waals surface area (Å²) in [5.74, 6) is 0.254. The zero-order valence-electron chi connectivity index (χ0n) is 8.47. The third-order valence-corrected chi connectivity index (χ3v) is 2.74. The summed E-state index contributed by atoms with van der Waals surface area (Å²) in [5, 5.41) is 8.99. The van der Waals surface area contributed by atoms with Crippen LogP contribution in [-0.2, 0) is 0 Å². The van der Waals surface area contributed by atoms with Crippen LogP contribution in [0, 0.1) is 5.92 Å². The molecule has 1 amide bonds. The van der Waals surface area contributed by atoms with Crippen LogP contribution in [0.5, 0.6) is 0 Å². The number of amides is 1. The largest absolute Gasteiger partial charge is 0.396 e. The van der Waals surface area contributed by atoms with Crippen molar-refractivity contribution in [3.8, 4) is 0 Å². The van der Waals surface area contributed by atoms with E-state index in [0.29, 0.717) is 12.1 Å². The molecule has 80 valence electrons. The van der Waals surface area contributed by atoms with Crippen LogP contribution in [-0.4, -0.2) is 40.6 Å². The van der Waals surface area contributed by atoms with Crippen molar-refractivity contribution in [2.24, 2.45) is 5.92 Å². The lowest BCUT2D eigenvalue weighted by Gasteiger charge is -2.15. The Morgan fingerprint density at radius 2 is 2.53 bits per heavy atom. The molecule has 4 nitrogen and oxygen atoms in total. The summed E-state index contributed by atoms with van der Waals surface area (Å²) in [4.78, 5) is 17.6. The Morgan fingerprint density at radius 1 is 1.67 bits per heavy atom. The van der Waals surface area contributed by atoms with Gasteiger partial charge in [-0.05, 0) is 18.6 Å². The Kier molecular flexibility index (Phi) is 2.97. The molecule has 2 rings (SSSR count). The van der Waals surface area contributed by atoms with Crippen LogP contribution in [0.3, 0.4) is 0 Å². The van der Waals surface area contributed by atoms with Gasteiger partial charge in [0.2, 0.25) is 0 Å². The first kappa shape index (κ1) is 10.1. The molecule has 0 spiro atoms. The Morgan fingerprint density at radius 3 is 3.13 bits per heavy atom. The Hall–Kier alpha value is -1.42. The lowest BCUT2D eigenvalue weighted by molar-refractivity contribution is 0.0781. The fraction of sp³-hybridized carbons (Fsp3) is 0.455. The predicted molar refractivity (Wildman–Crippen MR) is 55.3 cm³/mol. The number of hydrogen-bond donors (Lipinski definition) is 1. The number of pyridine rings is 1. The van der Waals surface area contributed by atoms with Crippen LogP contribution in [0.1, 0.15) is 16.8 Å². The Bertz CT molecular complexity index is 340. The van der Waals surface area contributed by atoms with Crippen molar-refractivity contribution < 1.29 is 9.90 Å². The molecule has 1 aromatic heterocycles. The minimum Gasteiger partial charge on any atom is -0.396 e. The van der Waals surface area contributed by atoms with E-state index in [1.165, 1.54) is 0 Å². The Labute approximate surface area is 88.6 Å². The first-order valence-electron chi connectivity index (χ1n) is 5.11. The minimum absolute atomic E-state index is 0.0130. The molecule has 2 heterocycles. The lowest BCUT2D eigenvalue weighted by atomic mass is 10.1. The summed E-state index contributed by atoms with van der Waals surface area (Å²) < 4.78 is 0. The van der Waals surface area contributed by atoms with Gasteiger partial charge >= 0.3 is 0 Å². The van der Waals surface area contributed by atoms with Gasteiger partial charge in [0, 0.05) is 38.0 Å². The SMILES string of the molecule is O=C(c1cccnc1)N1CC[C@@H](CO)C1. The molecule has 1 saturated heterocycles. The Balaban J connectivity index is 2.04. The zero-order chi connectivity index (χ0) is 10.7. The van der Waals surface area contributed by atoms with Gasteiger partial charge in [0.05, 0.1) is 5.56 Å². The quantitative estimate of drug-likeness (QED) is 0.768. The first-order chi connectivity index (χ1) is 7.31. The minimum atomic E-state index is 0.0130. The van der Waals surface area contributed by atoms with Crippen molar-refractivity contribution in [2.45, 2.75) is 6.42 Å². The molecule has 0 aliphatic carbocycles. The number of aromatic nitrogens is 1. The molecule has 1 aromatic rings. The van der Waals surface area contributed by atoms with Crippen molar-refractivity contribution in [3.05, 3.63) is 30.1 Å². The highest BCUT2D eigenvalue weighted by Gasteiger charge is 2.26. The molecule has 0 unspecified atom stereocenters. The van der Waals surface area contributed by atoms with Gasteiger partial charge < -0.3 is 10.0 Å². The van der Waals surface area contributed by atoms with Crippen molar-refractivity contribution >= 4 is 5.91 Å². The molecule has 1 aliphatic rings. The van der Waals surface area contributed by atoms with E-state index in [4.69, 9.17) is 5.11 Å². The molecule has 0 aromatic carbocycles.